The van der Waals surface area contributed by atoms with Crippen molar-refractivity contribution in [1.29, 1.82) is 0 Å². The van der Waals surface area contributed by atoms with Gasteiger partial charge in [-0.1, -0.05) is 48.0 Å². The largest absolute Gasteiger partial charge is 0.326 e. The summed E-state index contributed by atoms with van der Waals surface area (Å²) in [4.78, 5) is 9.06. The number of benzene rings is 1. The first kappa shape index (κ1) is 13.2. The van der Waals surface area contributed by atoms with Crippen LogP contribution in [0.4, 0.5) is 0 Å². The highest BCUT2D eigenvalue weighted by atomic mass is 79.9. The molecule has 0 atom stereocenters. The van der Waals surface area contributed by atoms with Crippen LogP contribution < -0.4 is 5.73 Å². The second-order valence-electron chi connectivity index (χ2n) is 4.44. The molecular formula is C14H16BrN3. The fraction of sp³-hybridized carbons (Fsp3) is 0.286. The number of hydrogen-bond acceptors (Lipinski definition) is 3. The monoisotopic (exact) mass is 305 g/mol. The molecule has 0 unspecified atom stereocenters. The van der Waals surface area contributed by atoms with E-state index in [2.05, 4.69) is 39.7 Å². The zero-order valence-corrected chi connectivity index (χ0v) is 12.1. The minimum absolute atomic E-state index is 0.341. The van der Waals surface area contributed by atoms with Crippen molar-refractivity contribution in [1.82, 2.24) is 9.97 Å². The molecule has 0 radical (unpaired) electrons. The van der Waals surface area contributed by atoms with Gasteiger partial charge in [0.15, 0.2) is 5.82 Å². The number of aromatic nitrogens is 2. The molecule has 0 bridgehead atoms. The van der Waals surface area contributed by atoms with Gasteiger partial charge in [0.1, 0.15) is 0 Å². The van der Waals surface area contributed by atoms with E-state index in [0.717, 1.165) is 27.1 Å². The van der Waals surface area contributed by atoms with E-state index in [1.54, 1.807) is 0 Å². The van der Waals surface area contributed by atoms with Gasteiger partial charge < -0.3 is 5.73 Å². The van der Waals surface area contributed by atoms with Crippen molar-refractivity contribution in [2.24, 2.45) is 5.73 Å². The minimum Gasteiger partial charge on any atom is -0.326 e. The van der Waals surface area contributed by atoms with Crippen molar-refractivity contribution in [3.63, 3.8) is 0 Å². The molecule has 2 rings (SSSR count). The van der Waals surface area contributed by atoms with Gasteiger partial charge in [0.2, 0.25) is 0 Å². The highest BCUT2D eigenvalue weighted by Crippen LogP contribution is 2.27. The normalized spacial score (nSPS) is 10.9. The van der Waals surface area contributed by atoms with E-state index >= 15 is 0 Å². The number of nitrogens with two attached hydrogens (primary N) is 1. The van der Waals surface area contributed by atoms with Crippen LogP contribution >= 0.6 is 15.9 Å². The van der Waals surface area contributed by atoms with E-state index in [9.17, 15) is 0 Å². The molecule has 0 fully saturated rings. The molecule has 3 nitrogen and oxygen atoms in total. The van der Waals surface area contributed by atoms with Crippen LogP contribution in [-0.2, 0) is 6.54 Å². The van der Waals surface area contributed by atoms with Crippen LogP contribution in [0.1, 0.15) is 31.0 Å². The third kappa shape index (κ3) is 2.60. The highest BCUT2D eigenvalue weighted by molar-refractivity contribution is 9.10. The van der Waals surface area contributed by atoms with Gasteiger partial charge in [-0.15, -0.1) is 0 Å². The maximum atomic E-state index is 5.72. The molecule has 0 aliphatic carbocycles. The van der Waals surface area contributed by atoms with E-state index in [4.69, 9.17) is 5.73 Å². The fourth-order valence-electron chi connectivity index (χ4n) is 1.85. The lowest BCUT2D eigenvalue weighted by atomic mass is 10.0. The van der Waals surface area contributed by atoms with Crippen molar-refractivity contribution < 1.29 is 0 Å². The Bertz CT molecular complexity index is 552. The summed E-state index contributed by atoms with van der Waals surface area (Å²) in [5.74, 6) is 1.08. The molecule has 18 heavy (non-hydrogen) atoms. The van der Waals surface area contributed by atoms with Gasteiger partial charge in [-0.2, -0.15) is 0 Å². The second-order valence-corrected chi connectivity index (χ2v) is 5.30. The highest BCUT2D eigenvalue weighted by Gasteiger charge is 2.12. The summed E-state index contributed by atoms with van der Waals surface area (Å²) in [6, 6.07) is 7.96. The zero-order valence-electron chi connectivity index (χ0n) is 10.5. The quantitative estimate of drug-likeness (QED) is 0.944. The lowest BCUT2D eigenvalue weighted by Gasteiger charge is -2.12. The van der Waals surface area contributed by atoms with Crippen LogP contribution in [0.15, 0.2) is 34.9 Å². The molecule has 0 aliphatic heterocycles. The first-order chi connectivity index (χ1) is 8.63. The summed E-state index contributed by atoms with van der Waals surface area (Å²) >= 11 is 3.53. The Balaban J connectivity index is 2.54. The van der Waals surface area contributed by atoms with Gasteiger partial charge in [-0.25, -0.2) is 9.97 Å². The molecule has 0 spiro atoms. The van der Waals surface area contributed by atoms with E-state index in [1.165, 1.54) is 0 Å². The van der Waals surface area contributed by atoms with Crippen molar-refractivity contribution in [2.45, 2.75) is 26.3 Å². The lowest BCUT2D eigenvalue weighted by molar-refractivity contribution is 0.787. The van der Waals surface area contributed by atoms with Gasteiger partial charge >= 0.3 is 0 Å². The van der Waals surface area contributed by atoms with Crippen molar-refractivity contribution in [3.8, 4) is 11.4 Å². The molecular weight excluding hydrogens is 290 g/mol. The molecule has 0 saturated heterocycles. The van der Waals surface area contributed by atoms with Crippen LogP contribution in [0.25, 0.3) is 11.4 Å². The molecule has 0 aliphatic rings. The topological polar surface area (TPSA) is 51.8 Å². The first-order valence-electron chi connectivity index (χ1n) is 5.94. The van der Waals surface area contributed by atoms with Gasteiger partial charge in [0, 0.05) is 28.3 Å². The fourth-order valence-corrected chi connectivity index (χ4v) is 2.31. The Hall–Kier alpha value is -1.26. The average molecular weight is 306 g/mol. The van der Waals surface area contributed by atoms with Gasteiger partial charge in [0.05, 0.1) is 5.69 Å². The number of hydrogen-bond donors (Lipinski definition) is 1. The summed E-state index contributed by atoms with van der Waals surface area (Å²) in [5.41, 5.74) is 8.76. The van der Waals surface area contributed by atoms with Crippen LogP contribution in [0, 0.1) is 0 Å². The molecule has 94 valence electrons. The average Bonchev–Trinajstić information content (AvgIpc) is 2.38. The van der Waals surface area contributed by atoms with Crippen molar-refractivity contribution in [3.05, 3.63) is 46.2 Å². The third-order valence-corrected chi connectivity index (χ3v) is 3.47. The Kier molecular flexibility index (Phi) is 4.09. The predicted octanol–water partition coefficient (Wildman–Crippen LogP) is 3.49. The van der Waals surface area contributed by atoms with Crippen molar-refractivity contribution in [2.75, 3.05) is 0 Å². The molecule has 2 aromatic rings. The summed E-state index contributed by atoms with van der Waals surface area (Å²) in [7, 11) is 0. The van der Waals surface area contributed by atoms with Gasteiger partial charge in [-0.05, 0) is 12.0 Å². The van der Waals surface area contributed by atoms with Crippen LogP contribution in [0.2, 0.25) is 0 Å². The summed E-state index contributed by atoms with van der Waals surface area (Å²) in [5, 5.41) is 0. The Morgan fingerprint density at radius 2 is 2.00 bits per heavy atom. The SMILES string of the molecule is CC(C)c1nc(-c2ccccc2Br)ncc1CN. The summed E-state index contributed by atoms with van der Waals surface area (Å²) in [6.45, 7) is 4.71. The standard InChI is InChI=1S/C14H16BrN3/c1-9(2)13-10(7-16)8-17-14(18-13)11-5-3-4-6-12(11)15/h3-6,8-9H,7,16H2,1-2H3. The number of halogens is 1. The maximum Gasteiger partial charge on any atom is 0.160 e. The van der Waals surface area contributed by atoms with Crippen LogP contribution in [0.3, 0.4) is 0 Å². The smallest absolute Gasteiger partial charge is 0.160 e. The first-order valence-corrected chi connectivity index (χ1v) is 6.73. The molecule has 1 heterocycles. The number of nitrogens with zero attached hydrogens (tertiary/aromatic N) is 2. The van der Waals surface area contributed by atoms with Crippen molar-refractivity contribution >= 4 is 15.9 Å². The summed E-state index contributed by atoms with van der Waals surface area (Å²) in [6.07, 6.45) is 1.83. The van der Waals surface area contributed by atoms with E-state index in [1.807, 2.05) is 30.5 Å². The maximum absolute atomic E-state index is 5.72. The third-order valence-electron chi connectivity index (χ3n) is 2.78. The zero-order chi connectivity index (χ0) is 13.1. The number of rotatable bonds is 3. The van der Waals surface area contributed by atoms with Crippen LogP contribution in [0.5, 0.6) is 0 Å². The molecule has 0 saturated carbocycles. The molecule has 1 aromatic carbocycles. The minimum atomic E-state index is 0.341. The Morgan fingerprint density at radius 3 is 2.61 bits per heavy atom. The van der Waals surface area contributed by atoms with E-state index in [-0.39, 0.29) is 0 Å². The van der Waals surface area contributed by atoms with E-state index < -0.39 is 0 Å². The predicted molar refractivity (Wildman–Crippen MR) is 77.1 cm³/mol. The van der Waals surface area contributed by atoms with Crippen LogP contribution in [-0.4, -0.2) is 9.97 Å². The molecule has 4 heteroatoms. The second kappa shape index (κ2) is 5.59. The van der Waals surface area contributed by atoms with E-state index in [0.29, 0.717) is 12.5 Å². The summed E-state index contributed by atoms with van der Waals surface area (Å²) < 4.78 is 1.00. The van der Waals surface area contributed by atoms with Gasteiger partial charge in [-0.3, -0.25) is 0 Å². The molecule has 0 amide bonds. The lowest BCUT2D eigenvalue weighted by Crippen LogP contribution is -2.07. The Morgan fingerprint density at radius 1 is 1.28 bits per heavy atom. The Labute approximate surface area is 116 Å². The molecule has 1 aromatic heterocycles. The van der Waals surface area contributed by atoms with Gasteiger partial charge in [0.25, 0.3) is 0 Å². The molecule has 2 N–H and O–H groups in total.